The van der Waals surface area contributed by atoms with Crippen LogP contribution >= 0.6 is 11.6 Å². The van der Waals surface area contributed by atoms with Crippen molar-refractivity contribution in [3.05, 3.63) is 64.7 Å². The first-order valence-corrected chi connectivity index (χ1v) is 8.14. The molecular weight excluding hydrogens is 294 g/mol. The van der Waals surface area contributed by atoms with E-state index >= 15 is 0 Å². The van der Waals surface area contributed by atoms with Gasteiger partial charge in [-0.05, 0) is 48.2 Å². The molecule has 0 radical (unpaired) electrons. The zero-order chi connectivity index (χ0) is 15.9. The summed E-state index contributed by atoms with van der Waals surface area (Å²) in [5, 5.41) is 0.783. The molecule has 0 spiro atoms. The van der Waals surface area contributed by atoms with Crippen LogP contribution in [0.4, 0.5) is 0 Å². The Morgan fingerprint density at radius 3 is 2.55 bits per heavy atom. The molecule has 0 fully saturated rings. The first-order valence-electron chi connectivity index (χ1n) is 7.76. The number of benzene rings is 2. The Bertz CT molecular complexity index is 597. The summed E-state index contributed by atoms with van der Waals surface area (Å²) in [6.45, 7) is 5.59. The van der Waals surface area contributed by atoms with E-state index in [1.54, 1.807) is 0 Å². The highest BCUT2D eigenvalue weighted by atomic mass is 35.5. The van der Waals surface area contributed by atoms with Gasteiger partial charge in [0.1, 0.15) is 5.75 Å². The molecule has 3 heteroatoms. The summed E-state index contributed by atoms with van der Waals surface area (Å²) in [6, 6.07) is 16.2. The zero-order valence-corrected chi connectivity index (χ0v) is 14.0. The quantitative estimate of drug-likeness (QED) is 0.806. The van der Waals surface area contributed by atoms with Gasteiger partial charge in [-0.1, -0.05) is 55.8 Å². The topological polar surface area (TPSA) is 35.2 Å². The summed E-state index contributed by atoms with van der Waals surface area (Å²) in [5.74, 6) is 1.65. The molecule has 0 amide bonds. The Hall–Kier alpha value is -1.51. The first-order chi connectivity index (χ1) is 10.6. The van der Waals surface area contributed by atoms with Crippen molar-refractivity contribution in [1.29, 1.82) is 0 Å². The molecule has 2 nitrogen and oxygen atoms in total. The van der Waals surface area contributed by atoms with E-state index in [-0.39, 0.29) is 5.92 Å². The molecule has 0 aliphatic carbocycles. The average molecular weight is 318 g/mol. The molecule has 1 atom stereocenters. The van der Waals surface area contributed by atoms with Gasteiger partial charge in [0.2, 0.25) is 0 Å². The van der Waals surface area contributed by atoms with Gasteiger partial charge in [0, 0.05) is 10.9 Å². The largest absolute Gasteiger partial charge is 0.493 e. The van der Waals surface area contributed by atoms with Crippen molar-refractivity contribution >= 4 is 11.6 Å². The van der Waals surface area contributed by atoms with Gasteiger partial charge in [-0.3, -0.25) is 0 Å². The van der Waals surface area contributed by atoms with Crippen LogP contribution in [-0.4, -0.2) is 13.2 Å². The lowest BCUT2D eigenvalue weighted by atomic mass is 9.92. The predicted molar refractivity (Wildman–Crippen MR) is 93.7 cm³/mol. The van der Waals surface area contributed by atoms with E-state index in [9.17, 15) is 0 Å². The van der Waals surface area contributed by atoms with Gasteiger partial charge in [0.05, 0.1) is 6.61 Å². The third kappa shape index (κ3) is 4.75. The lowest BCUT2D eigenvalue weighted by Crippen LogP contribution is -2.15. The summed E-state index contributed by atoms with van der Waals surface area (Å²) in [4.78, 5) is 0. The predicted octanol–water partition coefficient (Wildman–Crippen LogP) is 4.66. The smallest absolute Gasteiger partial charge is 0.119 e. The number of ether oxygens (including phenoxy) is 1. The van der Waals surface area contributed by atoms with Gasteiger partial charge in [-0.15, -0.1) is 0 Å². The van der Waals surface area contributed by atoms with Crippen molar-refractivity contribution in [2.45, 2.75) is 26.2 Å². The van der Waals surface area contributed by atoms with Crippen LogP contribution in [0.3, 0.4) is 0 Å². The third-order valence-electron chi connectivity index (χ3n) is 3.59. The normalized spacial score (nSPS) is 12.4. The van der Waals surface area contributed by atoms with Crippen LogP contribution in [0.1, 0.15) is 30.9 Å². The summed E-state index contributed by atoms with van der Waals surface area (Å²) in [5.41, 5.74) is 8.30. The summed E-state index contributed by atoms with van der Waals surface area (Å²) < 4.78 is 5.80. The fourth-order valence-electron chi connectivity index (χ4n) is 2.44. The van der Waals surface area contributed by atoms with Crippen molar-refractivity contribution in [1.82, 2.24) is 0 Å². The lowest BCUT2D eigenvalue weighted by Gasteiger charge is -2.17. The second-order valence-corrected chi connectivity index (χ2v) is 6.42. The van der Waals surface area contributed by atoms with Crippen LogP contribution in [0.5, 0.6) is 5.75 Å². The van der Waals surface area contributed by atoms with Crippen LogP contribution in [0.15, 0.2) is 48.5 Å². The van der Waals surface area contributed by atoms with Gasteiger partial charge in [-0.2, -0.15) is 0 Å². The number of rotatable bonds is 7. The van der Waals surface area contributed by atoms with Gasteiger partial charge < -0.3 is 10.5 Å². The molecule has 1 unspecified atom stereocenters. The van der Waals surface area contributed by atoms with Crippen LogP contribution in [0.2, 0.25) is 5.02 Å². The third-order valence-corrected chi connectivity index (χ3v) is 3.94. The monoisotopic (exact) mass is 317 g/mol. The van der Waals surface area contributed by atoms with E-state index in [1.807, 2.05) is 30.3 Å². The molecule has 0 aromatic heterocycles. The molecule has 2 N–H and O–H groups in total. The standard InChI is InChI=1S/C19H24ClNO/c1-14(2)13-22-17-7-5-6-15(11-17)10-16(12-21)18-8-3-4-9-19(18)20/h3-9,11,14,16H,10,12-13,21H2,1-2H3. The molecule has 2 aromatic rings. The minimum Gasteiger partial charge on any atom is -0.493 e. The van der Waals surface area contributed by atoms with Crippen molar-refractivity contribution < 1.29 is 4.74 Å². The van der Waals surface area contributed by atoms with Crippen molar-refractivity contribution in [2.75, 3.05) is 13.2 Å². The minimum absolute atomic E-state index is 0.217. The van der Waals surface area contributed by atoms with E-state index in [2.05, 4.69) is 32.0 Å². The number of halogens is 1. The lowest BCUT2D eigenvalue weighted by molar-refractivity contribution is 0.271. The highest BCUT2D eigenvalue weighted by Gasteiger charge is 2.14. The fraction of sp³-hybridized carbons (Fsp3) is 0.368. The molecule has 2 rings (SSSR count). The van der Waals surface area contributed by atoms with Gasteiger partial charge in [0.15, 0.2) is 0 Å². The highest BCUT2D eigenvalue weighted by Crippen LogP contribution is 2.27. The SMILES string of the molecule is CC(C)COc1cccc(CC(CN)c2ccccc2Cl)c1. The van der Waals surface area contributed by atoms with Crippen molar-refractivity contribution in [3.8, 4) is 5.75 Å². The van der Waals surface area contributed by atoms with Gasteiger partial charge in [-0.25, -0.2) is 0 Å². The number of hydrogen-bond acceptors (Lipinski definition) is 2. The van der Waals surface area contributed by atoms with Gasteiger partial charge in [0.25, 0.3) is 0 Å². The number of nitrogens with two attached hydrogens (primary N) is 1. The van der Waals surface area contributed by atoms with E-state index in [0.717, 1.165) is 29.4 Å². The maximum Gasteiger partial charge on any atom is 0.119 e. The van der Waals surface area contributed by atoms with Crippen LogP contribution in [0, 0.1) is 5.92 Å². The maximum atomic E-state index is 6.30. The molecule has 118 valence electrons. The van der Waals surface area contributed by atoms with Gasteiger partial charge >= 0.3 is 0 Å². The maximum absolute atomic E-state index is 6.30. The van der Waals surface area contributed by atoms with Crippen molar-refractivity contribution in [3.63, 3.8) is 0 Å². The second-order valence-electron chi connectivity index (χ2n) is 6.01. The molecule has 0 aliphatic heterocycles. The van der Waals surface area contributed by atoms with Crippen LogP contribution < -0.4 is 10.5 Å². The van der Waals surface area contributed by atoms with Crippen LogP contribution in [0.25, 0.3) is 0 Å². The zero-order valence-electron chi connectivity index (χ0n) is 13.3. The highest BCUT2D eigenvalue weighted by molar-refractivity contribution is 6.31. The van der Waals surface area contributed by atoms with Crippen LogP contribution in [-0.2, 0) is 6.42 Å². The Morgan fingerprint density at radius 2 is 1.86 bits per heavy atom. The van der Waals surface area contributed by atoms with Crippen molar-refractivity contribution in [2.24, 2.45) is 11.7 Å². The Labute approximate surface area is 138 Å². The average Bonchev–Trinajstić information content (AvgIpc) is 2.52. The van der Waals surface area contributed by atoms with E-state index in [1.165, 1.54) is 5.56 Å². The molecule has 0 bridgehead atoms. The molecule has 22 heavy (non-hydrogen) atoms. The molecule has 0 heterocycles. The minimum atomic E-state index is 0.217. The Balaban J connectivity index is 2.11. The summed E-state index contributed by atoms with van der Waals surface area (Å²) in [7, 11) is 0. The molecule has 2 aromatic carbocycles. The molecule has 0 saturated carbocycles. The second kappa shape index (κ2) is 8.21. The Morgan fingerprint density at radius 1 is 1.09 bits per heavy atom. The summed E-state index contributed by atoms with van der Waals surface area (Å²) >= 11 is 6.30. The molecule has 0 aliphatic rings. The van der Waals surface area contributed by atoms with E-state index in [4.69, 9.17) is 22.1 Å². The fourth-order valence-corrected chi connectivity index (χ4v) is 2.73. The first kappa shape index (κ1) is 16.9. The number of hydrogen-bond donors (Lipinski definition) is 1. The molecular formula is C19H24ClNO. The van der Waals surface area contributed by atoms with E-state index < -0.39 is 0 Å². The van der Waals surface area contributed by atoms with E-state index in [0.29, 0.717) is 12.5 Å². The summed E-state index contributed by atoms with van der Waals surface area (Å²) in [6.07, 6.45) is 0.860. The molecule has 0 saturated heterocycles. The Kier molecular flexibility index (Phi) is 6.29.